The summed E-state index contributed by atoms with van der Waals surface area (Å²) >= 11 is 10.2. The summed E-state index contributed by atoms with van der Waals surface area (Å²) in [7, 11) is 0. The van der Waals surface area contributed by atoms with Crippen LogP contribution in [-0.4, -0.2) is 25.9 Å². The molecule has 1 fully saturated rings. The Morgan fingerprint density at radius 2 is 2.22 bits per heavy atom. The second kappa shape index (κ2) is 7.19. The zero-order chi connectivity index (χ0) is 16.4. The highest BCUT2D eigenvalue weighted by Crippen LogP contribution is 2.35. The van der Waals surface area contributed by atoms with E-state index < -0.39 is 0 Å². The molecule has 122 valence electrons. The van der Waals surface area contributed by atoms with Crippen LogP contribution in [-0.2, 0) is 11.3 Å². The Morgan fingerprint density at radius 3 is 2.87 bits per heavy atom. The molecule has 1 aliphatic rings. The number of rotatable bonds is 6. The van der Waals surface area contributed by atoms with Crippen LogP contribution < -0.4 is 5.32 Å². The van der Waals surface area contributed by atoms with E-state index in [1.54, 1.807) is 0 Å². The van der Waals surface area contributed by atoms with Crippen molar-refractivity contribution in [3.05, 3.63) is 39.3 Å². The summed E-state index contributed by atoms with van der Waals surface area (Å²) in [6.07, 6.45) is 2.26. The molecule has 1 aromatic heterocycles. The summed E-state index contributed by atoms with van der Waals surface area (Å²) in [6, 6.07) is 8.39. The minimum atomic E-state index is -0.174. The third-order valence-corrected chi connectivity index (χ3v) is 5.53. The first-order valence-electron chi connectivity index (χ1n) is 7.40. The van der Waals surface area contributed by atoms with E-state index in [9.17, 15) is 4.79 Å². The Labute approximate surface area is 152 Å². The number of nitrogens with zero attached hydrogens (tertiary/aromatic N) is 2. The highest BCUT2D eigenvalue weighted by Gasteiger charge is 2.27. The number of hydrogen-bond acceptors (Lipinski definition) is 4. The lowest BCUT2D eigenvalue weighted by Crippen LogP contribution is -2.31. The summed E-state index contributed by atoms with van der Waals surface area (Å²) in [5.41, 5.74) is 0. The Bertz CT molecular complexity index is 752. The number of aromatic amines is 1. The topological polar surface area (TPSA) is 62.7 Å². The largest absolute Gasteiger partial charge is 0.348 e. The Morgan fingerprint density at radius 1 is 1.52 bits per heavy atom. The highest BCUT2D eigenvalue weighted by molar-refractivity contribution is 9.10. The van der Waals surface area contributed by atoms with Gasteiger partial charge in [-0.25, -0.2) is 0 Å². The van der Waals surface area contributed by atoms with Crippen LogP contribution >= 0.6 is 39.9 Å². The molecule has 2 N–H and O–H groups in total. The van der Waals surface area contributed by atoms with E-state index in [4.69, 9.17) is 12.2 Å². The number of halogens is 1. The number of benzene rings is 1. The van der Waals surface area contributed by atoms with E-state index in [2.05, 4.69) is 31.4 Å². The number of carbonyl (C=O) groups is 1. The fourth-order valence-electron chi connectivity index (χ4n) is 2.25. The molecular formula is C15H17BrN4OS2. The predicted molar refractivity (Wildman–Crippen MR) is 97.0 cm³/mol. The van der Waals surface area contributed by atoms with Crippen molar-refractivity contribution in [2.24, 2.45) is 0 Å². The van der Waals surface area contributed by atoms with E-state index in [1.807, 2.05) is 35.8 Å². The van der Waals surface area contributed by atoms with Crippen LogP contribution in [0.3, 0.4) is 0 Å². The van der Waals surface area contributed by atoms with Crippen molar-refractivity contribution < 1.29 is 4.79 Å². The number of amides is 1. The average Bonchev–Trinajstić information content (AvgIpc) is 3.30. The van der Waals surface area contributed by atoms with Gasteiger partial charge in [-0.15, -0.1) is 11.8 Å². The first-order valence-corrected chi connectivity index (χ1v) is 9.48. The molecule has 1 unspecified atom stereocenters. The Hall–Kier alpha value is -1.12. The van der Waals surface area contributed by atoms with Crippen LogP contribution in [0.15, 0.2) is 33.6 Å². The molecule has 1 atom stereocenters. The molecule has 0 bridgehead atoms. The summed E-state index contributed by atoms with van der Waals surface area (Å²) in [5, 5.41) is 9.81. The van der Waals surface area contributed by atoms with Crippen molar-refractivity contribution in [1.29, 1.82) is 0 Å². The first-order chi connectivity index (χ1) is 11.0. The smallest absolute Gasteiger partial charge is 0.233 e. The lowest BCUT2D eigenvalue weighted by atomic mass is 10.4. The van der Waals surface area contributed by atoms with Crippen molar-refractivity contribution in [1.82, 2.24) is 20.1 Å². The molecule has 1 aliphatic carbocycles. The van der Waals surface area contributed by atoms with Crippen LogP contribution in [0.1, 0.15) is 31.6 Å². The standard InChI is InChI=1S/C15H17BrN4OS2/c1-9(23-12-6-2-10(16)3-7-12)14(21)17-8-13-18-19-15(22)20(13)11-4-5-11/h2-3,6-7,9,11H,4-5,8H2,1H3,(H,17,21)(H,19,22). The molecule has 2 aromatic rings. The molecule has 1 saturated carbocycles. The molecule has 0 saturated heterocycles. The highest BCUT2D eigenvalue weighted by atomic mass is 79.9. The number of hydrogen-bond donors (Lipinski definition) is 2. The Balaban J connectivity index is 1.56. The zero-order valence-corrected chi connectivity index (χ0v) is 15.8. The maximum Gasteiger partial charge on any atom is 0.233 e. The zero-order valence-electron chi connectivity index (χ0n) is 12.6. The monoisotopic (exact) mass is 412 g/mol. The van der Waals surface area contributed by atoms with Gasteiger partial charge in [-0.2, -0.15) is 5.10 Å². The first kappa shape index (κ1) is 16.7. The maximum absolute atomic E-state index is 12.3. The summed E-state index contributed by atoms with van der Waals surface area (Å²) in [4.78, 5) is 13.3. The van der Waals surface area contributed by atoms with Crippen LogP contribution in [0, 0.1) is 4.77 Å². The SMILES string of the molecule is CC(Sc1ccc(Br)cc1)C(=O)NCc1n[nH]c(=S)n1C1CC1. The van der Waals surface area contributed by atoms with Gasteiger partial charge < -0.3 is 5.32 Å². The minimum Gasteiger partial charge on any atom is -0.348 e. The average molecular weight is 413 g/mol. The number of thioether (sulfide) groups is 1. The minimum absolute atomic E-state index is 0.00539. The van der Waals surface area contributed by atoms with Gasteiger partial charge in [-0.05, 0) is 56.2 Å². The lowest BCUT2D eigenvalue weighted by molar-refractivity contribution is -0.120. The molecule has 0 spiro atoms. The molecule has 0 aliphatic heterocycles. The second-order valence-electron chi connectivity index (χ2n) is 5.48. The molecule has 1 heterocycles. The van der Waals surface area contributed by atoms with Crippen molar-refractivity contribution >= 4 is 45.8 Å². The van der Waals surface area contributed by atoms with E-state index in [1.165, 1.54) is 11.8 Å². The van der Waals surface area contributed by atoms with Crippen molar-refractivity contribution in [3.8, 4) is 0 Å². The van der Waals surface area contributed by atoms with Gasteiger partial charge in [0, 0.05) is 15.4 Å². The normalized spacial score (nSPS) is 15.4. The molecule has 23 heavy (non-hydrogen) atoms. The van der Waals surface area contributed by atoms with Crippen molar-refractivity contribution in [2.75, 3.05) is 0 Å². The molecule has 3 rings (SSSR count). The Kier molecular flexibility index (Phi) is 5.23. The predicted octanol–water partition coefficient (Wildman–Crippen LogP) is 3.84. The maximum atomic E-state index is 12.3. The third kappa shape index (κ3) is 4.24. The van der Waals surface area contributed by atoms with E-state index in [0.29, 0.717) is 17.4 Å². The van der Waals surface area contributed by atoms with Gasteiger partial charge in [0.05, 0.1) is 11.8 Å². The third-order valence-electron chi connectivity index (χ3n) is 3.61. The lowest BCUT2D eigenvalue weighted by Gasteiger charge is -2.12. The molecule has 1 amide bonds. The molecular weight excluding hydrogens is 396 g/mol. The fourth-order valence-corrected chi connectivity index (χ4v) is 3.71. The number of H-pyrrole nitrogens is 1. The van der Waals surface area contributed by atoms with Gasteiger partial charge in [0.25, 0.3) is 0 Å². The number of aromatic nitrogens is 3. The quantitative estimate of drug-likeness (QED) is 0.558. The number of carbonyl (C=O) groups excluding carboxylic acids is 1. The summed E-state index contributed by atoms with van der Waals surface area (Å²) in [5.74, 6) is 0.792. The van der Waals surface area contributed by atoms with Crippen LogP contribution in [0.25, 0.3) is 0 Å². The number of nitrogens with one attached hydrogen (secondary N) is 2. The van der Waals surface area contributed by atoms with Gasteiger partial charge in [0.15, 0.2) is 10.6 Å². The van der Waals surface area contributed by atoms with Crippen LogP contribution in [0.2, 0.25) is 0 Å². The summed E-state index contributed by atoms with van der Waals surface area (Å²) in [6.45, 7) is 2.30. The molecule has 1 aromatic carbocycles. The van der Waals surface area contributed by atoms with Gasteiger partial charge in [0.1, 0.15) is 0 Å². The van der Waals surface area contributed by atoms with Gasteiger partial charge >= 0.3 is 0 Å². The molecule has 8 heteroatoms. The van der Waals surface area contributed by atoms with Gasteiger partial charge in [0.2, 0.25) is 5.91 Å². The van der Waals surface area contributed by atoms with E-state index in [-0.39, 0.29) is 11.2 Å². The van der Waals surface area contributed by atoms with Gasteiger partial charge in [-0.3, -0.25) is 14.5 Å². The molecule has 0 radical (unpaired) electrons. The van der Waals surface area contributed by atoms with E-state index >= 15 is 0 Å². The van der Waals surface area contributed by atoms with E-state index in [0.717, 1.165) is 28.0 Å². The van der Waals surface area contributed by atoms with Gasteiger partial charge in [-0.1, -0.05) is 15.9 Å². The summed E-state index contributed by atoms with van der Waals surface area (Å²) < 4.78 is 3.68. The van der Waals surface area contributed by atoms with Crippen LogP contribution in [0.4, 0.5) is 0 Å². The van der Waals surface area contributed by atoms with Crippen molar-refractivity contribution in [3.63, 3.8) is 0 Å². The second-order valence-corrected chi connectivity index (χ2v) is 8.19. The van der Waals surface area contributed by atoms with Crippen molar-refractivity contribution in [2.45, 2.75) is 42.5 Å². The molecule has 5 nitrogen and oxygen atoms in total. The van der Waals surface area contributed by atoms with Crippen LogP contribution in [0.5, 0.6) is 0 Å². The fraction of sp³-hybridized carbons (Fsp3) is 0.400.